The molecule has 5 heteroatoms. The lowest BCUT2D eigenvalue weighted by Gasteiger charge is -2.32. The monoisotopic (exact) mass is 202 g/mol. The van der Waals surface area contributed by atoms with Crippen LogP contribution in [0.15, 0.2) is 0 Å². The van der Waals surface area contributed by atoms with Crippen molar-refractivity contribution in [3.63, 3.8) is 0 Å². The van der Waals surface area contributed by atoms with Gasteiger partial charge in [-0.1, -0.05) is 0 Å². The third-order valence-corrected chi connectivity index (χ3v) is 2.43. The second-order valence-corrected chi connectivity index (χ2v) is 3.84. The van der Waals surface area contributed by atoms with Crippen LogP contribution in [0.2, 0.25) is 0 Å². The van der Waals surface area contributed by atoms with Crippen LogP contribution >= 0.6 is 0 Å². The summed E-state index contributed by atoms with van der Waals surface area (Å²) in [5, 5.41) is 12.6. The summed E-state index contributed by atoms with van der Waals surface area (Å²) in [4.78, 5) is 11.1. The first-order valence-corrected chi connectivity index (χ1v) is 4.87. The highest BCUT2D eigenvalue weighted by atomic mass is 16.5. The van der Waals surface area contributed by atoms with E-state index in [2.05, 4.69) is 5.32 Å². The van der Waals surface area contributed by atoms with E-state index in [1.807, 2.05) is 0 Å². The van der Waals surface area contributed by atoms with Gasteiger partial charge in [0.2, 0.25) is 5.91 Å². The van der Waals surface area contributed by atoms with Gasteiger partial charge in [-0.25, -0.2) is 0 Å². The van der Waals surface area contributed by atoms with Gasteiger partial charge in [0, 0.05) is 32.6 Å². The van der Waals surface area contributed by atoms with E-state index in [-0.39, 0.29) is 12.5 Å². The molecule has 1 heterocycles. The molecule has 0 bridgehead atoms. The summed E-state index contributed by atoms with van der Waals surface area (Å²) in [5.74, 6) is -0.232. The molecular formula is C9H18N2O3. The van der Waals surface area contributed by atoms with Gasteiger partial charge in [-0.3, -0.25) is 4.79 Å². The lowest BCUT2D eigenvalue weighted by atomic mass is 9.94. The first-order valence-electron chi connectivity index (χ1n) is 4.87. The minimum absolute atomic E-state index is 0.232. The van der Waals surface area contributed by atoms with Crippen molar-refractivity contribution in [2.45, 2.75) is 31.4 Å². The van der Waals surface area contributed by atoms with Gasteiger partial charge >= 0.3 is 0 Å². The van der Waals surface area contributed by atoms with Crippen molar-refractivity contribution in [3.05, 3.63) is 0 Å². The van der Waals surface area contributed by atoms with E-state index >= 15 is 0 Å². The molecule has 0 spiro atoms. The summed E-state index contributed by atoms with van der Waals surface area (Å²) >= 11 is 0. The molecule has 5 nitrogen and oxygen atoms in total. The Balaban J connectivity index is 2.32. The topological polar surface area (TPSA) is 84.6 Å². The molecule has 0 aromatic rings. The second kappa shape index (κ2) is 4.72. The Morgan fingerprint density at radius 3 is 2.71 bits per heavy atom. The van der Waals surface area contributed by atoms with Crippen molar-refractivity contribution in [2.75, 3.05) is 19.8 Å². The summed E-state index contributed by atoms with van der Waals surface area (Å²) in [6.45, 7) is 2.97. The third-order valence-electron chi connectivity index (χ3n) is 2.43. The molecule has 1 rings (SSSR count). The fraction of sp³-hybridized carbons (Fsp3) is 0.889. The quantitative estimate of drug-likeness (QED) is 0.547. The summed E-state index contributed by atoms with van der Waals surface area (Å²) in [6.07, 6.45) is 1.12. The molecule has 1 aliphatic rings. The van der Waals surface area contributed by atoms with Gasteiger partial charge in [0.25, 0.3) is 0 Å². The zero-order valence-electron chi connectivity index (χ0n) is 8.45. The smallest absolute Gasteiger partial charge is 0.236 e. The minimum Gasteiger partial charge on any atom is -0.388 e. The van der Waals surface area contributed by atoms with E-state index in [0.717, 1.165) is 0 Å². The zero-order valence-corrected chi connectivity index (χ0v) is 8.45. The Morgan fingerprint density at radius 1 is 1.64 bits per heavy atom. The predicted octanol–water partition coefficient (Wildman–Crippen LogP) is -1.01. The van der Waals surface area contributed by atoms with Gasteiger partial charge in [-0.15, -0.1) is 0 Å². The van der Waals surface area contributed by atoms with E-state index in [1.165, 1.54) is 0 Å². The molecule has 1 atom stereocenters. The first-order chi connectivity index (χ1) is 6.53. The Hall–Kier alpha value is -0.650. The van der Waals surface area contributed by atoms with Crippen LogP contribution in [0.3, 0.4) is 0 Å². The molecule has 1 saturated heterocycles. The molecular weight excluding hydrogens is 184 g/mol. The molecule has 82 valence electrons. The Kier molecular flexibility index (Phi) is 3.86. The molecule has 1 fully saturated rings. The highest BCUT2D eigenvalue weighted by Crippen LogP contribution is 2.19. The number of rotatable bonds is 3. The van der Waals surface area contributed by atoms with Crippen LogP contribution in [0.4, 0.5) is 0 Å². The second-order valence-electron chi connectivity index (χ2n) is 3.84. The van der Waals surface area contributed by atoms with Crippen LogP contribution < -0.4 is 11.1 Å². The average Bonchev–Trinajstić information content (AvgIpc) is 2.15. The molecule has 0 aliphatic carbocycles. The molecule has 0 radical (unpaired) electrons. The number of hydrogen-bond donors (Lipinski definition) is 3. The van der Waals surface area contributed by atoms with Crippen molar-refractivity contribution in [1.29, 1.82) is 0 Å². The number of ether oxygens (including phenoxy) is 1. The lowest BCUT2D eigenvalue weighted by Crippen LogP contribution is -2.49. The summed E-state index contributed by atoms with van der Waals surface area (Å²) in [6, 6.07) is -0.529. The van der Waals surface area contributed by atoms with Crippen LogP contribution in [0.5, 0.6) is 0 Å². The summed E-state index contributed by atoms with van der Waals surface area (Å²) < 4.78 is 5.12. The number of aliphatic hydroxyl groups is 1. The molecule has 14 heavy (non-hydrogen) atoms. The van der Waals surface area contributed by atoms with Crippen molar-refractivity contribution in [1.82, 2.24) is 5.32 Å². The number of carbonyl (C=O) groups is 1. The van der Waals surface area contributed by atoms with Gasteiger partial charge in [0.1, 0.15) is 0 Å². The van der Waals surface area contributed by atoms with E-state index in [4.69, 9.17) is 10.5 Å². The van der Waals surface area contributed by atoms with E-state index in [0.29, 0.717) is 26.1 Å². The van der Waals surface area contributed by atoms with Gasteiger partial charge in [0.15, 0.2) is 0 Å². The minimum atomic E-state index is -0.817. The maximum Gasteiger partial charge on any atom is 0.236 e. The number of nitrogens with one attached hydrogen (secondary N) is 1. The van der Waals surface area contributed by atoms with Crippen LogP contribution in [0.25, 0.3) is 0 Å². The maximum absolute atomic E-state index is 11.1. The standard InChI is InChI=1S/C9H18N2O3/c1-7(10)8(12)11-6-9(13)2-4-14-5-3-9/h7,13H,2-6,10H2,1H3,(H,11,12). The molecule has 1 aliphatic heterocycles. The van der Waals surface area contributed by atoms with Crippen molar-refractivity contribution in [3.8, 4) is 0 Å². The van der Waals surface area contributed by atoms with Crippen LogP contribution in [-0.4, -0.2) is 42.4 Å². The van der Waals surface area contributed by atoms with Crippen LogP contribution in [0, 0.1) is 0 Å². The fourth-order valence-electron chi connectivity index (χ4n) is 1.34. The molecule has 1 amide bonds. The van der Waals surface area contributed by atoms with Gasteiger partial charge in [-0.05, 0) is 6.92 Å². The third kappa shape index (κ3) is 3.25. The van der Waals surface area contributed by atoms with E-state index < -0.39 is 11.6 Å². The SMILES string of the molecule is CC(N)C(=O)NCC1(O)CCOCC1. The van der Waals surface area contributed by atoms with Gasteiger partial charge in [-0.2, -0.15) is 0 Å². The first kappa shape index (κ1) is 11.4. The molecule has 0 aromatic heterocycles. The molecule has 0 saturated carbocycles. The molecule has 4 N–H and O–H groups in total. The largest absolute Gasteiger partial charge is 0.388 e. The van der Waals surface area contributed by atoms with E-state index in [9.17, 15) is 9.90 Å². The predicted molar refractivity (Wildman–Crippen MR) is 51.7 cm³/mol. The lowest BCUT2D eigenvalue weighted by molar-refractivity contribution is -0.124. The van der Waals surface area contributed by atoms with Crippen LogP contribution in [-0.2, 0) is 9.53 Å². The van der Waals surface area contributed by atoms with Gasteiger partial charge in [0.05, 0.1) is 11.6 Å². The Morgan fingerprint density at radius 2 is 2.21 bits per heavy atom. The summed E-state index contributed by atoms with van der Waals surface area (Å²) in [7, 11) is 0. The van der Waals surface area contributed by atoms with Crippen molar-refractivity contribution in [2.24, 2.45) is 5.73 Å². The van der Waals surface area contributed by atoms with Gasteiger partial charge < -0.3 is 20.9 Å². The summed E-state index contributed by atoms with van der Waals surface area (Å²) in [5.41, 5.74) is 4.56. The Labute approximate surface area is 83.6 Å². The highest BCUT2D eigenvalue weighted by molar-refractivity contribution is 5.81. The zero-order chi connectivity index (χ0) is 10.6. The molecule has 0 aromatic carbocycles. The van der Waals surface area contributed by atoms with Crippen molar-refractivity contribution >= 4 is 5.91 Å². The highest BCUT2D eigenvalue weighted by Gasteiger charge is 2.30. The number of hydrogen-bond acceptors (Lipinski definition) is 4. The maximum atomic E-state index is 11.1. The number of amides is 1. The average molecular weight is 202 g/mol. The van der Waals surface area contributed by atoms with Crippen LogP contribution in [0.1, 0.15) is 19.8 Å². The number of carbonyl (C=O) groups excluding carboxylic acids is 1. The normalized spacial score (nSPS) is 22.8. The van der Waals surface area contributed by atoms with Crippen molar-refractivity contribution < 1.29 is 14.6 Å². The van der Waals surface area contributed by atoms with E-state index in [1.54, 1.807) is 6.92 Å². The molecule has 1 unspecified atom stereocenters. The number of nitrogens with two attached hydrogens (primary N) is 1. The Bertz CT molecular complexity index is 200. The fourth-order valence-corrected chi connectivity index (χ4v) is 1.34.